The Morgan fingerprint density at radius 1 is 0.829 bits per heavy atom. The number of carbonyl (C=O) groups is 5. The van der Waals surface area contributed by atoms with E-state index in [1.165, 1.54) is 24.3 Å². The van der Waals surface area contributed by atoms with Crippen molar-refractivity contribution in [1.82, 2.24) is 4.98 Å². The van der Waals surface area contributed by atoms with Gasteiger partial charge in [-0.3, -0.25) is 14.4 Å². The highest BCUT2D eigenvalue weighted by Crippen LogP contribution is 2.29. The minimum absolute atomic E-state index is 0.0550. The molecule has 2 aromatic carbocycles. The summed E-state index contributed by atoms with van der Waals surface area (Å²) in [4.78, 5) is 67.2. The van der Waals surface area contributed by atoms with Crippen molar-refractivity contribution in [1.29, 1.82) is 0 Å². The van der Waals surface area contributed by atoms with E-state index in [0.717, 1.165) is 4.90 Å². The number of ether oxygens (including phenoxy) is 2. The summed E-state index contributed by atoms with van der Waals surface area (Å²) in [6.45, 7) is 4.48. The number of Topliss-reactive ketones (excluding diaryl/α,β-unsaturated/α-hetero) is 1. The van der Waals surface area contributed by atoms with E-state index in [-0.39, 0.29) is 40.1 Å². The molecule has 9 heteroatoms. The number of hydrogen-bond donors (Lipinski definition) is 1. The molecular weight excluding hydrogens is 452 g/mol. The maximum Gasteiger partial charge on any atom is 0.340 e. The number of rotatable bonds is 7. The van der Waals surface area contributed by atoms with Gasteiger partial charge in [-0.1, -0.05) is 18.2 Å². The highest BCUT2D eigenvalue weighted by atomic mass is 16.5. The molecule has 0 saturated heterocycles. The third-order valence-corrected chi connectivity index (χ3v) is 5.60. The average Bonchev–Trinajstić information content (AvgIpc) is 3.29. The monoisotopic (exact) mass is 474 g/mol. The summed E-state index contributed by atoms with van der Waals surface area (Å²) in [5.74, 6) is -3.01. The van der Waals surface area contributed by atoms with Crippen LogP contribution in [0.1, 0.15) is 70.1 Å². The lowest BCUT2D eigenvalue weighted by Gasteiger charge is -2.15. The summed E-state index contributed by atoms with van der Waals surface area (Å²) >= 11 is 0. The number of imide groups is 1. The van der Waals surface area contributed by atoms with Crippen LogP contribution in [0.25, 0.3) is 0 Å². The zero-order valence-corrected chi connectivity index (χ0v) is 19.3. The van der Waals surface area contributed by atoms with Gasteiger partial charge in [0.1, 0.15) is 0 Å². The molecule has 0 radical (unpaired) electrons. The van der Waals surface area contributed by atoms with Gasteiger partial charge in [0.15, 0.2) is 6.61 Å². The Morgan fingerprint density at radius 2 is 1.46 bits per heavy atom. The predicted octanol–water partition coefficient (Wildman–Crippen LogP) is 3.65. The molecule has 9 nitrogen and oxygen atoms in total. The van der Waals surface area contributed by atoms with Crippen LogP contribution in [0.4, 0.5) is 5.69 Å². The van der Waals surface area contributed by atoms with Crippen molar-refractivity contribution in [2.75, 3.05) is 18.1 Å². The minimum Gasteiger partial charge on any atom is -0.462 e. The number of nitrogens with one attached hydrogen (secondary N) is 1. The van der Waals surface area contributed by atoms with Gasteiger partial charge in [0.25, 0.3) is 11.8 Å². The Labute approximate surface area is 200 Å². The molecule has 178 valence electrons. The van der Waals surface area contributed by atoms with Crippen molar-refractivity contribution in [3.05, 3.63) is 87.7 Å². The van der Waals surface area contributed by atoms with Crippen molar-refractivity contribution in [3.8, 4) is 0 Å². The van der Waals surface area contributed by atoms with Crippen molar-refractivity contribution < 1.29 is 33.4 Å². The fraction of sp³-hybridized carbons (Fsp3) is 0.192. The van der Waals surface area contributed by atoms with Gasteiger partial charge in [0, 0.05) is 11.4 Å². The van der Waals surface area contributed by atoms with Crippen LogP contribution in [0, 0.1) is 13.8 Å². The second-order valence-electron chi connectivity index (χ2n) is 7.89. The average molecular weight is 474 g/mol. The van der Waals surface area contributed by atoms with Crippen molar-refractivity contribution in [3.63, 3.8) is 0 Å². The van der Waals surface area contributed by atoms with Gasteiger partial charge >= 0.3 is 11.9 Å². The molecule has 2 heterocycles. The molecule has 0 atom stereocenters. The summed E-state index contributed by atoms with van der Waals surface area (Å²) in [5, 5.41) is 0. The van der Waals surface area contributed by atoms with E-state index >= 15 is 0 Å². The van der Waals surface area contributed by atoms with E-state index in [0.29, 0.717) is 11.4 Å². The Kier molecular flexibility index (Phi) is 6.33. The fourth-order valence-electron chi connectivity index (χ4n) is 4.07. The second kappa shape index (κ2) is 9.38. The first-order chi connectivity index (χ1) is 16.7. The minimum atomic E-state index is -0.820. The topological polar surface area (TPSA) is 123 Å². The van der Waals surface area contributed by atoms with E-state index in [9.17, 15) is 24.0 Å². The number of esters is 2. The lowest BCUT2D eigenvalue weighted by atomic mass is 10.1. The standard InChI is InChI=1S/C26H22N2O7/c1-4-34-26(33)22-15(3)27-14(2)21(22)20(29)13-35-25(32)16-8-7-9-17(12-16)28-23(30)18-10-5-6-11-19(18)24(28)31/h5-12,27H,4,13H2,1-3H3. The van der Waals surface area contributed by atoms with Gasteiger partial charge in [-0.25, -0.2) is 14.5 Å². The number of ketones is 1. The van der Waals surface area contributed by atoms with Crippen LogP contribution in [0.2, 0.25) is 0 Å². The van der Waals surface area contributed by atoms with Gasteiger partial charge < -0.3 is 14.5 Å². The van der Waals surface area contributed by atoms with Crippen LogP contribution >= 0.6 is 0 Å². The third kappa shape index (κ3) is 4.23. The molecule has 0 fully saturated rings. The van der Waals surface area contributed by atoms with E-state index in [2.05, 4.69) is 4.98 Å². The molecule has 0 aliphatic carbocycles. The number of aromatic amines is 1. The first-order valence-electron chi connectivity index (χ1n) is 10.9. The van der Waals surface area contributed by atoms with Crippen LogP contribution in [-0.4, -0.2) is 47.7 Å². The Bertz CT molecular complexity index is 1350. The number of carbonyl (C=O) groups excluding carboxylic acids is 5. The van der Waals surface area contributed by atoms with Gasteiger partial charge in [-0.05, 0) is 51.1 Å². The molecule has 1 aromatic heterocycles. The highest BCUT2D eigenvalue weighted by molar-refractivity contribution is 6.34. The second-order valence-corrected chi connectivity index (χ2v) is 7.89. The number of fused-ring (bicyclic) bond motifs is 1. The summed E-state index contributed by atoms with van der Waals surface area (Å²) in [6.07, 6.45) is 0. The van der Waals surface area contributed by atoms with Crippen LogP contribution in [0.5, 0.6) is 0 Å². The van der Waals surface area contributed by atoms with Gasteiger partial charge in [0.05, 0.1) is 40.1 Å². The zero-order valence-electron chi connectivity index (χ0n) is 19.3. The number of amides is 2. The number of H-pyrrole nitrogens is 1. The lowest BCUT2D eigenvalue weighted by Crippen LogP contribution is -2.29. The van der Waals surface area contributed by atoms with Gasteiger partial charge in [0.2, 0.25) is 5.78 Å². The summed E-state index contributed by atoms with van der Waals surface area (Å²) < 4.78 is 10.2. The van der Waals surface area contributed by atoms with Crippen LogP contribution in [0.3, 0.4) is 0 Å². The molecule has 3 aromatic rings. The predicted molar refractivity (Wildman–Crippen MR) is 125 cm³/mol. The largest absolute Gasteiger partial charge is 0.462 e. The molecule has 1 aliphatic rings. The number of benzene rings is 2. The Balaban J connectivity index is 1.51. The zero-order chi connectivity index (χ0) is 25.3. The first-order valence-corrected chi connectivity index (χ1v) is 10.9. The molecule has 4 rings (SSSR count). The van der Waals surface area contributed by atoms with Crippen molar-refractivity contribution in [2.45, 2.75) is 20.8 Å². The van der Waals surface area contributed by atoms with Gasteiger partial charge in [-0.2, -0.15) is 0 Å². The van der Waals surface area contributed by atoms with E-state index in [4.69, 9.17) is 9.47 Å². The fourth-order valence-corrected chi connectivity index (χ4v) is 4.07. The summed E-state index contributed by atoms with van der Waals surface area (Å²) in [5.41, 5.74) is 1.98. The number of nitrogens with zero attached hydrogens (tertiary/aromatic N) is 1. The molecule has 2 amide bonds. The molecule has 0 unspecified atom stereocenters. The number of aryl methyl sites for hydroxylation is 2. The van der Waals surface area contributed by atoms with Gasteiger partial charge in [-0.15, -0.1) is 0 Å². The quantitative estimate of drug-likeness (QED) is 0.315. The molecule has 1 aliphatic heterocycles. The van der Waals surface area contributed by atoms with Crippen LogP contribution in [0.15, 0.2) is 48.5 Å². The number of aromatic nitrogens is 1. The Hall–Kier alpha value is -4.53. The normalized spacial score (nSPS) is 12.5. The SMILES string of the molecule is CCOC(=O)c1c(C)[nH]c(C)c1C(=O)COC(=O)c1cccc(N2C(=O)c3ccccc3C2=O)c1. The maximum absolute atomic E-state index is 12.8. The molecular formula is C26H22N2O7. The first kappa shape index (κ1) is 23.6. The van der Waals surface area contributed by atoms with Crippen molar-refractivity contribution >= 4 is 35.2 Å². The number of anilines is 1. The summed E-state index contributed by atoms with van der Waals surface area (Å²) in [6, 6.07) is 12.3. The highest BCUT2D eigenvalue weighted by Gasteiger charge is 2.36. The summed E-state index contributed by atoms with van der Waals surface area (Å²) in [7, 11) is 0. The van der Waals surface area contributed by atoms with Crippen LogP contribution < -0.4 is 4.90 Å². The Morgan fingerprint density at radius 3 is 2.09 bits per heavy atom. The van der Waals surface area contributed by atoms with Crippen LogP contribution in [-0.2, 0) is 9.47 Å². The number of hydrogen-bond acceptors (Lipinski definition) is 7. The van der Waals surface area contributed by atoms with E-state index in [1.807, 2.05) is 0 Å². The maximum atomic E-state index is 12.8. The molecule has 0 spiro atoms. The van der Waals surface area contributed by atoms with Crippen molar-refractivity contribution in [2.24, 2.45) is 0 Å². The molecule has 0 bridgehead atoms. The third-order valence-electron chi connectivity index (χ3n) is 5.60. The van der Waals surface area contributed by atoms with E-state index < -0.39 is 36.1 Å². The molecule has 0 saturated carbocycles. The van der Waals surface area contributed by atoms with E-state index in [1.54, 1.807) is 45.0 Å². The lowest BCUT2D eigenvalue weighted by molar-refractivity contribution is 0.0471. The molecule has 1 N–H and O–H groups in total. The smallest absolute Gasteiger partial charge is 0.340 e. The molecule has 35 heavy (non-hydrogen) atoms.